The van der Waals surface area contributed by atoms with Gasteiger partial charge in [-0.3, -0.25) is 0 Å². The van der Waals surface area contributed by atoms with Gasteiger partial charge in [0.2, 0.25) is 0 Å². The molecule has 2 nitrogen and oxygen atoms in total. The Labute approximate surface area is 108 Å². The van der Waals surface area contributed by atoms with E-state index in [9.17, 15) is 0 Å². The molecule has 2 unspecified atom stereocenters. The van der Waals surface area contributed by atoms with E-state index < -0.39 is 0 Å². The second-order valence-corrected chi connectivity index (χ2v) is 5.65. The first-order valence-electron chi connectivity index (χ1n) is 6.74. The van der Waals surface area contributed by atoms with Crippen LogP contribution in [0.5, 0.6) is 0 Å². The Morgan fingerprint density at radius 2 is 1.94 bits per heavy atom. The van der Waals surface area contributed by atoms with Crippen LogP contribution in [0, 0.1) is 5.92 Å². The molecule has 0 N–H and O–H groups in total. The molecule has 0 radical (unpaired) electrons. The highest BCUT2D eigenvalue weighted by molar-refractivity contribution is 6.29. The van der Waals surface area contributed by atoms with Crippen LogP contribution in [0.2, 0.25) is 5.15 Å². The van der Waals surface area contributed by atoms with Gasteiger partial charge in [-0.05, 0) is 43.7 Å². The lowest BCUT2D eigenvalue weighted by Crippen LogP contribution is -2.47. The molecular weight excluding hydrogens is 232 g/mol. The summed E-state index contributed by atoms with van der Waals surface area (Å²) in [5.74, 6) is 1.97. The van der Waals surface area contributed by atoms with Gasteiger partial charge in [-0.1, -0.05) is 30.5 Å². The van der Waals surface area contributed by atoms with Crippen molar-refractivity contribution in [2.75, 3.05) is 11.4 Å². The Kier molecular flexibility index (Phi) is 3.24. The number of aromatic nitrogens is 1. The third-order valence-electron chi connectivity index (χ3n) is 4.24. The van der Waals surface area contributed by atoms with Gasteiger partial charge in [0, 0.05) is 12.6 Å². The summed E-state index contributed by atoms with van der Waals surface area (Å²) in [4.78, 5) is 6.98. The van der Waals surface area contributed by atoms with Crippen molar-refractivity contribution in [3.8, 4) is 0 Å². The Morgan fingerprint density at radius 3 is 2.82 bits per heavy atom. The number of hydrogen-bond donors (Lipinski definition) is 0. The van der Waals surface area contributed by atoms with Crippen LogP contribution in [-0.4, -0.2) is 17.6 Å². The lowest BCUT2D eigenvalue weighted by atomic mass is 9.78. The summed E-state index contributed by atoms with van der Waals surface area (Å²) in [6, 6.07) is 6.68. The van der Waals surface area contributed by atoms with Crippen molar-refractivity contribution in [1.82, 2.24) is 4.98 Å². The van der Waals surface area contributed by atoms with Crippen molar-refractivity contribution in [3.63, 3.8) is 0 Å². The van der Waals surface area contributed by atoms with Crippen LogP contribution in [0.15, 0.2) is 18.2 Å². The van der Waals surface area contributed by atoms with Crippen molar-refractivity contribution in [3.05, 3.63) is 23.4 Å². The third-order valence-corrected chi connectivity index (χ3v) is 4.45. The number of hydrogen-bond acceptors (Lipinski definition) is 2. The van der Waals surface area contributed by atoms with E-state index >= 15 is 0 Å². The highest BCUT2D eigenvalue weighted by atomic mass is 35.5. The molecular formula is C14H19ClN2. The van der Waals surface area contributed by atoms with Crippen molar-refractivity contribution < 1.29 is 0 Å². The molecule has 1 aliphatic carbocycles. The fraction of sp³-hybridized carbons (Fsp3) is 0.643. The zero-order valence-corrected chi connectivity index (χ0v) is 10.9. The second-order valence-electron chi connectivity index (χ2n) is 5.27. The van der Waals surface area contributed by atoms with Crippen molar-refractivity contribution in [1.29, 1.82) is 0 Å². The highest BCUT2D eigenvalue weighted by Crippen LogP contribution is 2.37. The van der Waals surface area contributed by atoms with Crippen molar-refractivity contribution in [2.45, 2.75) is 44.6 Å². The molecule has 3 rings (SSSR count). The lowest BCUT2D eigenvalue weighted by Gasteiger charge is -2.44. The predicted molar refractivity (Wildman–Crippen MR) is 71.6 cm³/mol. The maximum atomic E-state index is 6.00. The zero-order valence-electron chi connectivity index (χ0n) is 10.1. The molecule has 2 aliphatic rings. The van der Waals surface area contributed by atoms with Crippen molar-refractivity contribution >= 4 is 17.4 Å². The van der Waals surface area contributed by atoms with Crippen LogP contribution in [0.3, 0.4) is 0 Å². The average Bonchev–Trinajstić information content (AvgIpc) is 2.38. The molecule has 2 heterocycles. The van der Waals surface area contributed by atoms with E-state index in [2.05, 4.69) is 16.0 Å². The van der Waals surface area contributed by atoms with E-state index in [0.29, 0.717) is 11.2 Å². The number of fused-ring (bicyclic) bond motifs is 1. The number of piperidine rings is 1. The Hall–Kier alpha value is -0.760. The molecule has 2 atom stereocenters. The first kappa shape index (κ1) is 11.3. The molecule has 2 fully saturated rings. The van der Waals surface area contributed by atoms with E-state index in [-0.39, 0.29) is 0 Å². The topological polar surface area (TPSA) is 16.1 Å². The Bertz CT molecular complexity index is 392. The van der Waals surface area contributed by atoms with Crippen LogP contribution >= 0.6 is 11.6 Å². The molecule has 0 aromatic carbocycles. The summed E-state index contributed by atoms with van der Waals surface area (Å²) in [6.45, 7) is 1.15. The summed E-state index contributed by atoms with van der Waals surface area (Å²) < 4.78 is 0. The predicted octanol–water partition coefficient (Wildman–Crippen LogP) is 3.89. The summed E-state index contributed by atoms with van der Waals surface area (Å²) in [5, 5.41) is 0.612. The van der Waals surface area contributed by atoms with E-state index in [1.165, 1.54) is 38.5 Å². The number of halogens is 1. The van der Waals surface area contributed by atoms with Gasteiger partial charge in [0.15, 0.2) is 0 Å². The molecule has 0 bridgehead atoms. The van der Waals surface area contributed by atoms with Crippen LogP contribution in [0.4, 0.5) is 5.82 Å². The fourth-order valence-corrected chi connectivity index (χ4v) is 3.63. The van der Waals surface area contributed by atoms with Gasteiger partial charge in [-0.15, -0.1) is 0 Å². The average molecular weight is 251 g/mol. The first-order chi connectivity index (χ1) is 8.34. The van der Waals surface area contributed by atoms with E-state index in [1.54, 1.807) is 0 Å². The number of nitrogens with zero attached hydrogens (tertiary/aromatic N) is 2. The van der Waals surface area contributed by atoms with Crippen LogP contribution in [-0.2, 0) is 0 Å². The SMILES string of the molecule is Clc1cccc(N2CCCC3CCCCC32)n1. The summed E-state index contributed by atoms with van der Waals surface area (Å²) in [7, 11) is 0. The number of anilines is 1. The van der Waals surface area contributed by atoms with Crippen molar-refractivity contribution in [2.24, 2.45) is 5.92 Å². The van der Waals surface area contributed by atoms with Gasteiger partial charge in [-0.25, -0.2) is 4.98 Å². The molecule has 0 spiro atoms. The number of pyridine rings is 1. The summed E-state index contributed by atoms with van der Waals surface area (Å²) >= 11 is 6.00. The molecule has 1 aromatic rings. The maximum Gasteiger partial charge on any atom is 0.131 e. The van der Waals surface area contributed by atoms with E-state index in [1.807, 2.05) is 12.1 Å². The van der Waals surface area contributed by atoms with E-state index in [4.69, 9.17) is 11.6 Å². The van der Waals surface area contributed by atoms with Gasteiger partial charge in [-0.2, -0.15) is 0 Å². The third kappa shape index (κ3) is 2.28. The van der Waals surface area contributed by atoms with E-state index in [0.717, 1.165) is 18.3 Å². The fourth-order valence-electron chi connectivity index (χ4n) is 3.47. The first-order valence-corrected chi connectivity index (χ1v) is 7.11. The van der Waals surface area contributed by atoms with Crippen LogP contribution < -0.4 is 4.90 Å². The smallest absolute Gasteiger partial charge is 0.131 e. The second kappa shape index (κ2) is 4.85. The van der Waals surface area contributed by atoms with Gasteiger partial charge < -0.3 is 4.90 Å². The molecule has 0 amide bonds. The molecule has 3 heteroatoms. The van der Waals surface area contributed by atoms with Crippen LogP contribution in [0.1, 0.15) is 38.5 Å². The molecule has 17 heavy (non-hydrogen) atoms. The lowest BCUT2D eigenvalue weighted by molar-refractivity contribution is 0.243. The normalized spacial score (nSPS) is 28.9. The largest absolute Gasteiger partial charge is 0.353 e. The minimum Gasteiger partial charge on any atom is -0.353 e. The zero-order chi connectivity index (χ0) is 11.7. The Balaban J connectivity index is 1.85. The maximum absolute atomic E-state index is 6.00. The van der Waals surface area contributed by atoms with Gasteiger partial charge >= 0.3 is 0 Å². The van der Waals surface area contributed by atoms with Gasteiger partial charge in [0.1, 0.15) is 11.0 Å². The summed E-state index contributed by atoms with van der Waals surface area (Å²) in [6.07, 6.45) is 8.23. The Morgan fingerprint density at radius 1 is 1.12 bits per heavy atom. The molecule has 1 aliphatic heterocycles. The van der Waals surface area contributed by atoms with Gasteiger partial charge in [0.25, 0.3) is 0 Å². The molecule has 1 saturated heterocycles. The summed E-state index contributed by atoms with van der Waals surface area (Å²) in [5.41, 5.74) is 0. The van der Waals surface area contributed by atoms with Crippen LogP contribution in [0.25, 0.3) is 0 Å². The molecule has 1 saturated carbocycles. The quantitative estimate of drug-likeness (QED) is 0.703. The highest BCUT2D eigenvalue weighted by Gasteiger charge is 2.33. The standard InChI is InChI=1S/C14H19ClN2/c15-13-8-3-9-14(16-13)17-10-4-6-11-5-1-2-7-12(11)17/h3,8-9,11-12H,1-2,4-7,10H2. The molecule has 1 aromatic heterocycles. The minimum atomic E-state index is 0.612. The molecule has 92 valence electrons. The van der Waals surface area contributed by atoms with Gasteiger partial charge in [0.05, 0.1) is 0 Å². The minimum absolute atomic E-state index is 0.612. The number of rotatable bonds is 1. The monoisotopic (exact) mass is 250 g/mol.